The van der Waals surface area contributed by atoms with Gasteiger partial charge in [-0.15, -0.1) is 17.5 Å². The van der Waals surface area contributed by atoms with Gasteiger partial charge in [0.2, 0.25) is 0 Å². The first-order chi connectivity index (χ1) is 15.2. The molecular formula is C23H20ClN7O. The first-order valence-corrected chi connectivity index (χ1v) is 9.86. The van der Waals surface area contributed by atoms with Crippen LogP contribution in [0.2, 0.25) is 0 Å². The summed E-state index contributed by atoms with van der Waals surface area (Å²) >= 11 is 0. The van der Waals surface area contributed by atoms with E-state index in [1.54, 1.807) is 29.3 Å². The summed E-state index contributed by atoms with van der Waals surface area (Å²) in [6.07, 6.45) is 5.12. The number of nitrogens with zero attached hydrogens (tertiary/aromatic N) is 5. The average Bonchev–Trinajstić information content (AvgIpc) is 3.42. The number of aromatic nitrogens is 5. The maximum Gasteiger partial charge on any atom is 0.139 e. The number of nitriles is 1. The lowest BCUT2D eigenvalue weighted by molar-refractivity contribution is 0.289. The third-order valence-corrected chi connectivity index (χ3v) is 5.05. The van der Waals surface area contributed by atoms with Crippen molar-refractivity contribution in [2.75, 3.05) is 11.9 Å². The van der Waals surface area contributed by atoms with Crippen molar-refractivity contribution >= 4 is 45.6 Å². The van der Waals surface area contributed by atoms with E-state index < -0.39 is 0 Å². The molecule has 0 aliphatic heterocycles. The van der Waals surface area contributed by atoms with Crippen molar-refractivity contribution in [3.05, 3.63) is 72.3 Å². The Morgan fingerprint density at radius 1 is 1.16 bits per heavy atom. The molecule has 8 nitrogen and oxygen atoms in total. The van der Waals surface area contributed by atoms with Crippen LogP contribution in [0.4, 0.5) is 11.4 Å². The van der Waals surface area contributed by atoms with Gasteiger partial charge < -0.3 is 15.0 Å². The van der Waals surface area contributed by atoms with E-state index in [9.17, 15) is 5.26 Å². The molecule has 0 saturated carbocycles. The summed E-state index contributed by atoms with van der Waals surface area (Å²) in [4.78, 5) is 7.80. The molecule has 0 atom stereocenters. The second-order valence-corrected chi connectivity index (χ2v) is 7.23. The quantitative estimate of drug-likeness (QED) is 0.391. The molecule has 0 aliphatic carbocycles. The van der Waals surface area contributed by atoms with Crippen molar-refractivity contribution in [3.8, 4) is 11.8 Å². The van der Waals surface area contributed by atoms with Crippen LogP contribution in [0.5, 0.6) is 5.75 Å². The summed E-state index contributed by atoms with van der Waals surface area (Å²) in [6, 6.07) is 16.0. The fraction of sp³-hybridized carbons (Fsp3) is 0.130. The fourth-order valence-electron chi connectivity index (χ4n) is 3.60. The summed E-state index contributed by atoms with van der Waals surface area (Å²) in [7, 11) is 0. The fourth-order valence-corrected chi connectivity index (χ4v) is 3.60. The predicted molar refractivity (Wildman–Crippen MR) is 126 cm³/mol. The Labute approximate surface area is 190 Å². The molecule has 0 saturated heterocycles. The summed E-state index contributed by atoms with van der Waals surface area (Å²) in [5.41, 5.74) is 5.27. The van der Waals surface area contributed by atoms with Gasteiger partial charge in [-0.1, -0.05) is 5.21 Å². The molecule has 0 amide bonds. The molecule has 0 radical (unpaired) electrons. The molecule has 0 aliphatic rings. The Morgan fingerprint density at radius 3 is 2.88 bits per heavy atom. The molecule has 0 bridgehead atoms. The highest BCUT2D eigenvalue weighted by atomic mass is 35.5. The maximum absolute atomic E-state index is 9.66. The van der Waals surface area contributed by atoms with Gasteiger partial charge in [-0.05, 0) is 43.3 Å². The minimum atomic E-state index is 0. The van der Waals surface area contributed by atoms with Gasteiger partial charge >= 0.3 is 0 Å². The number of nitrogens with one attached hydrogen (secondary N) is 2. The zero-order chi connectivity index (χ0) is 21.2. The Bertz CT molecular complexity index is 1420. The normalized spacial score (nSPS) is 10.6. The van der Waals surface area contributed by atoms with Crippen LogP contribution in [0, 0.1) is 18.3 Å². The third kappa shape index (κ3) is 4.19. The van der Waals surface area contributed by atoms with Crippen LogP contribution >= 0.6 is 12.4 Å². The second kappa shape index (κ2) is 8.96. The number of rotatable bonds is 6. The van der Waals surface area contributed by atoms with Gasteiger partial charge in [0.15, 0.2) is 0 Å². The van der Waals surface area contributed by atoms with Crippen LogP contribution < -0.4 is 10.1 Å². The third-order valence-electron chi connectivity index (χ3n) is 5.05. The lowest BCUT2D eigenvalue weighted by Gasteiger charge is -2.13. The van der Waals surface area contributed by atoms with Crippen molar-refractivity contribution in [1.82, 2.24) is 25.0 Å². The number of H-pyrrole nitrogens is 1. The van der Waals surface area contributed by atoms with E-state index in [4.69, 9.17) is 4.74 Å². The number of hydrogen-bond donors (Lipinski definition) is 2. The number of pyridine rings is 1. The van der Waals surface area contributed by atoms with Crippen molar-refractivity contribution in [1.29, 1.82) is 5.26 Å². The van der Waals surface area contributed by atoms with E-state index in [-0.39, 0.29) is 12.4 Å². The predicted octanol–water partition coefficient (Wildman–Crippen LogP) is 4.73. The number of hydrogen-bond acceptors (Lipinski definition) is 6. The van der Waals surface area contributed by atoms with E-state index in [2.05, 4.69) is 49.9 Å². The summed E-state index contributed by atoms with van der Waals surface area (Å²) in [6.45, 7) is 2.95. The zero-order valence-corrected chi connectivity index (χ0v) is 18.1. The van der Waals surface area contributed by atoms with E-state index in [0.29, 0.717) is 24.5 Å². The van der Waals surface area contributed by atoms with Gasteiger partial charge in [0.05, 0.1) is 23.8 Å². The number of anilines is 2. The van der Waals surface area contributed by atoms with Crippen LogP contribution in [0.15, 0.2) is 61.1 Å². The SMILES string of the molecule is Cc1cc2cc(Nc3ccnc4cc(OCCn5ccnn5)c(C#N)cc34)ccc2[nH]1.Cl. The van der Waals surface area contributed by atoms with Gasteiger partial charge in [-0.25, -0.2) is 4.68 Å². The van der Waals surface area contributed by atoms with E-state index in [1.807, 2.05) is 25.1 Å². The largest absolute Gasteiger partial charge is 0.490 e. The molecular weight excluding hydrogens is 426 g/mol. The van der Waals surface area contributed by atoms with Crippen molar-refractivity contribution in [2.24, 2.45) is 0 Å². The van der Waals surface area contributed by atoms with Gasteiger partial charge in [-0.3, -0.25) is 4.98 Å². The van der Waals surface area contributed by atoms with Crippen molar-refractivity contribution < 1.29 is 4.74 Å². The van der Waals surface area contributed by atoms with Crippen molar-refractivity contribution in [2.45, 2.75) is 13.5 Å². The molecule has 0 fully saturated rings. The van der Waals surface area contributed by atoms with E-state index >= 15 is 0 Å². The molecule has 5 aromatic rings. The standard InChI is InChI=1S/C23H19N7O.ClH/c1-15-10-16-11-18(2-3-20(16)27-15)28-21-4-5-25-22-13-23(17(14-24)12-19(21)22)31-9-8-30-7-6-26-29-30;/h2-7,10-13,27H,8-9H2,1H3,(H,25,28);1H. The molecule has 160 valence electrons. The number of aromatic amines is 1. The first-order valence-electron chi connectivity index (χ1n) is 9.86. The van der Waals surface area contributed by atoms with Crippen LogP contribution in [0.25, 0.3) is 21.8 Å². The molecule has 32 heavy (non-hydrogen) atoms. The number of fused-ring (bicyclic) bond motifs is 2. The number of halogens is 1. The highest BCUT2D eigenvalue weighted by Gasteiger charge is 2.11. The van der Waals surface area contributed by atoms with Crippen LogP contribution in [0.3, 0.4) is 0 Å². The van der Waals surface area contributed by atoms with E-state index in [0.717, 1.165) is 38.9 Å². The first kappa shape index (κ1) is 21.2. The Balaban J connectivity index is 0.00000245. The lowest BCUT2D eigenvalue weighted by atomic mass is 10.1. The van der Waals surface area contributed by atoms with Crippen molar-refractivity contribution in [3.63, 3.8) is 0 Å². The molecule has 3 aromatic heterocycles. The Hall–Kier alpha value is -4.09. The zero-order valence-electron chi connectivity index (χ0n) is 17.2. The molecule has 5 rings (SSSR count). The average molecular weight is 446 g/mol. The molecule has 2 aromatic carbocycles. The van der Waals surface area contributed by atoms with Crippen LogP contribution in [-0.2, 0) is 6.54 Å². The van der Waals surface area contributed by atoms with Gasteiger partial charge in [-0.2, -0.15) is 5.26 Å². The molecule has 3 heterocycles. The van der Waals surface area contributed by atoms with Crippen LogP contribution in [0.1, 0.15) is 11.3 Å². The highest BCUT2D eigenvalue weighted by molar-refractivity contribution is 5.95. The molecule has 9 heteroatoms. The monoisotopic (exact) mass is 445 g/mol. The maximum atomic E-state index is 9.66. The molecule has 0 spiro atoms. The Kier molecular flexibility index (Phi) is 5.92. The number of ether oxygens (including phenoxy) is 1. The van der Waals surface area contributed by atoms with Gasteiger partial charge in [0.1, 0.15) is 18.4 Å². The summed E-state index contributed by atoms with van der Waals surface area (Å²) in [5.74, 6) is 0.504. The molecule has 2 N–H and O–H groups in total. The van der Waals surface area contributed by atoms with Crippen LogP contribution in [-0.4, -0.2) is 31.6 Å². The second-order valence-electron chi connectivity index (χ2n) is 7.23. The minimum absolute atomic E-state index is 0. The number of aryl methyl sites for hydroxylation is 1. The Morgan fingerprint density at radius 2 is 2.06 bits per heavy atom. The highest BCUT2D eigenvalue weighted by Crippen LogP contribution is 2.31. The summed E-state index contributed by atoms with van der Waals surface area (Å²) < 4.78 is 7.52. The number of benzene rings is 2. The van der Waals surface area contributed by atoms with Gasteiger partial charge in [0.25, 0.3) is 0 Å². The van der Waals surface area contributed by atoms with Gasteiger partial charge in [0, 0.05) is 51.8 Å². The van der Waals surface area contributed by atoms with E-state index in [1.165, 1.54) is 0 Å². The molecule has 0 unspecified atom stereocenters. The topological polar surface area (TPSA) is 104 Å². The smallest absolute Gasteiger partial charge is 0.139 e. The lowest BCUT2D eigenvalue weighted by Crippen LogP contribution is -2.09. The minimum Gasteiger partial charge on any atom is -0.490 e. The summed E-state index contributed by atoms with van der Waals surface area (Å²) in [5, 5.41) is 22.8.